The molecule has 1 heterocycles. The van der Waals surface area contributed by atoms with Gasteiger partial charge in [-0.05, 0) is 18.8 Å². The first-order valence-electron chi connectivity index (χ1n) is 5.22. The standard InChI is InChI=1S/C10H17N3O/c14-7-8-2-1-3-9(8)13-6-10-11-4-5-12-10/h4-5,8-9,13-14H,1-3,6-7H2,(H,11,12). The molecule has 1 aliphatic rings. The second kappa shape index (κ2) is 4.57. The minimum atomic E-state index is 0.301. The van der Waals surface area contributed by atoms with Crippen molar-refractivity contribution in [3.8, 4) is 0 Å². The van der Waals surface area contributed by atoms with Crippen LogP contribution in [-0.2, 0) is 6.54 Å². The highest BCUT2D eigenvalue weighted by Gasteiger charge is 2.25. The van der Waals surface area contributed by atoms with Crippen LogP contribution < -0.4 is 5.32 Å². The first kappa shape index (κ1) is 9.68. The van der Waals surface area contributed by atoms with Crippen molar-refractivity contribution in [1.82, 2.24) is 15.3 Å². The highest BCUT2D eigenvalue weighted by atomic mass is 16.3. The first-order valence-corrected chi connectivity index (χ1v) is 5.22. The van der Waals surface area contributed by atoms with Gasteiger partial charge in [0.15, 0.2) is 0 Å². The molecule has 4 nitrogen and oxygen atoms in total. The smallest absolute Gasteiger partial charge is 0.120 e. The van der Waals surface area contributed by atoms with E-state index in [4.69, 9.17) is 5.11 Å². The summed E-state index contributed by atoms with van der Waals surface area (Å²) in [6, 6.07) is 0.463. The van der Waals surface area contributed by atoms with Gasteiger partial charge < -0.3 is 15.4 Å². The Morgan fingerprint density at radius 2 is 2.50 bits per heavy atom. The van der Waals surface area contributed by atoms with Gasteiger partial charge in [-0.1, -0.05) is 6.42 Å². The molecule has 0 amide bonds. The van der Waals surface area contributed by atoms with Crippen molar-refractivity contribution < 1.29 is 5.11 Å². The molecule has 1 aliphatic carbocycles. The average molecular weight is 195 g/mol. The fraction of sp³-hybridized carbons (Fsp3) is 0.700. The summed E-state index contributed by atoms with van der Waals surface area (Å²) in [6.07, 6.45) is 7.13. The molecule has 2 atom stereocenters. The fourth-order valence-corrected chi connectivity index (χ4v) is 2.15. The van der Waals surface area contributed by atoms with Crippen LogP contribution in [0.15, 0.2) is 12.4 Å². The van der Waals surface area contributed by atoms with Gasteiger partial charge in [0, 0.05) is 25.0 Å². The van der Waals surface area contributed by atoms with E-state index in [0.717, 1.165) is 18.8 Å². The van der Waals surface area contributed by atoms with Gasteiger partial charge in [0.1, 0.15) is 5.82 Å². The van der Waals surface area contributed by atoms with Crippen LogP contribution in [0.4, 0.5) is 0 Å². The minimum absolute atomic E-state index is 0.301. The Labute approximate surface area is 83.8 Å². The van der Waals surface area contributed by atoms with E-state index in [1.807, 2.05) is 6.20 Å². The van der Waals surface area contributed by atoms with E-state index in [1.165, 1.54) is 12.8 Å². The highest BCUT2D eigenvalue weighted by Crippen LogP contribution is 2.25. The van der Waals surface area contributed by atoms with Crippen LogP contribution in [-0.4, -0.2) is 27.7 Å². The van der Waals surface area contributed by atoms with E-state index >= 15 is 0 Å². The maximum absolute atomic E-state index is 9.13. The zero-order chi connectivity index (χ0) is 9.80. The predicted molar refractivity (Wildman–Crippen MR) is 53.6 cm³/mol. The molecule has 2 rings (SSSR count). The highest BCUT2D eigenvalue weighted by molar-refractivity contribution is 4.89. The number of hydrogen-bond acceptors (Lipinski definition) is 3. The van der Waals surface area contributed by atoms with Crippen LogP contribution in [0.1, 0.15) is 25.1 Å². The number of aromatic amines is 1. The van der Waals surface area contributed by atoms with Gasteiger partial charge in [-0.3, -0.25) is 0 Å². The topological polar surface area (TPSA) is 60.9 Å². The maximum Gasteiger partial charge on any atom is 0.120 e. The minimum Gasteiger partial charge on any atom is -0.396 e. The van der Waals surface area contributed by atoms with Crippen LogP contribution in [0.25, 0.3) is 0 Å². The number of aliphatic hydroxyl groups is 1. The first-order chi connectivity index (χ1) is 6.90. The van der Waals surface area contributed by atoms with Gasteiger partial charge >= 0.3 is 0 Å². The van der Waals surface area contributed by atoms with Crippen molar-refractivity contribution in [2.45, 2.75) is 31.8 Å². The fourth-order valence-electron chi connectivity index (χ4n) is 2.15. The number of aromatic nitrogens is 2. The molecular weight excluding hydrogens is 178 g/mol. The van der Waals surface area contributed by atoms with Gasteiger partial charge in [-0.2, -0.15) is 0 Å². The van der Waals surface area contributed by atoms with Crippen molar-refractivity contribution in [3.63, 3.8) is 0 Å². The number of nitrogens with zero attached hydrogens (tertiary/aromatic N) is 1. The van der Waals surface area contributed by atoms with Crippen molar-refractivity contribution in [2.75, 3.05) is 6.61 Å². The molecule has 0 bridgehead atoms. The maximum atomic E-state index is 9.13. The summed E-state index contributed by atoms with van der Waals surface area (Å²) in [5, 5.41) is 12.6. The molecule has 1 fully saturated rings. The van der Waals surface area contributed by atoms with Crippen LogP contribution in [0.5, 0.6) is 0 Å². The van der Waals surface area contributed by atoms with Gasteiger partial charge in [-0.25, -0.2) is 4.98 Å². The molecule has 0 radical (unpaired) electrons. The number of hydrogen-bond donors (Lipinski definition) is 3. The summed E-state index contributed by atoms with van der Waals surface area (Å²) in [6.45, 7) is 1.07. The second-order valence-electron chi connectivity index (χ2n) is 3.90. The lowest BCUT2D eigenvalue weighted by Crippen LogP contribution is -2.33. The molecule has 14 heavy (non-hydrogen) atoms. The SMILES string of the molecule is OCC1CCCC1NCc1ncc[nH]1. The summed E-state index contributed by atoms with van der Waals surface area (Å²) in [5.74, 6) is 1.40. The van der Waals surface area contributed by atoms with Crippen LogP contribution in [0.2, 0.25) is 0 Å². The molecule has 1 aromatic rings. The normalized spacial score (nSPS) is 26.9. The molecule has 4 heteroatoms. The number of aliphatic hydroxyl groups excluding tert-OH is 1. The third-order valence-electron chi connectivity index (χ3n) is 2.98. The molecule has 1 aromatic heterocycles. The van der Waals surface area contributed by atoms with E-state index in [2.05, 4.69) is 15.3 Å². The number of nitrogens with one attached hydrogen (secondary N) is 2. The van der Waals surface area contributed by atoms with E-state index in [9.17, 15) is 0 Å². The lowest BCUT2D eigenvalue weighted by Gasteiger charge is -2.18. The molecule has 0 aromatic carbocycles. The van der Waals surface area contributed by atoms with E-state index < -0.39 is 0 Å². The van der Waals surface area contributed by atoms with E-state index in [-0.39, 0.29) is 0 Å². The van der Waals surface area contributed by atoms with E-state index in [0.29, 0.717) is 18.6 Å². The lowest BCUT2D eigenvalue weighted by molar-refractivity contribution is 0.204. The Bertz CT molecular complexity index is 260. The summed E-state index contributed by atoms with van der Waals surface area (Å²) in [4.78, 5) is 7.21. The van der Waals surface area contributed by atoms with Gasteiger partial charge in [0.05, 0.1) is 6.54 Å². The summed E-state index contributed by atoms with van der Waals surface area (Å²) in [5.41, 5.74) is 0. The Hall–Kier alpha value is -0.870. The Kier molecular flexibility index (Phi) is 3.16. The molecule has 3 N–H and O–H groups in total. The predicted octanol–water partition coefficient (Wildman–Crippen LogP) is 0.660. The van der Waals surface area contributed by atoms with Crippen molar-refractivity contribution in [2.24, 2.45) is 5.92 Å². The second-order valence-corrected chi connectivity index (χ2v) is 3.90. The molecule has 2 unspecified atom stereocenters. The zero-order valence-corrected chi connectivity index (χ0v) is 8.24. The molecule has 0 aliphatic heterocycles. The van der Waals surface area contributed by atoms with E-state index in [1.54, 1.807) is 6.20 Å². The molecular formula is C10H17N3O. The summed E-state index contributed by atoms with van der Waals surface area (Å²) < 4.78 is 0. The van der Waals surface area contributed by atoms with Crippen LogP contribution in [0, 0.1) is 5.92 Å². The van der Waals surface area contributed by atoms with Crippen molar-refractivity contribution in [1.29, 1.82) is 0 Å². The summed E-state index contributed by atoms with van der Waals surface area (Å²) in [7, 11) is 0. The van der Waals surface area contributed by atoms with Crippen molar-refractivity contribution >= 4 is 0 Å². The molecule has 78 valence electrons. The Balaban J connectivity index is 1.80. The third kappa shape index (κ3) is 2.13. The molecule has 0 spiro atoms. The molecule has 1 saturated carbocycles. The van der Waals surface area contributed by atoms with Crippen molar-refractivity contribution in [3.05, 3.63) is 18.2 Å². The van der Waals surface area contributed by atoms with Crippen LogP contribution in [0.3, 0.4) is 0 Å². The third-order valence-corrected chi connectivity index (χ3v) is 2.98. The quantitative estimate of drug-likeness (QED) is 0.661. The van der Waals surface area contributed by atoms with Crippen LogP contribution >= 0.6 is 0 Å². The zero-order valence-electron chi connectivity index (χ0n) is 8.24. The monoisotopic (exact) mass is 195 g/mol. The average Bonchev–Trinajstić information content (AvgIpc) is 2.85. The number of imidazole rings is 1. The Morgan fingerprint density at radius 3 is 3.21 bits per heavy atom. The molecule has 0 saturated heterocycles. The number of rotatable bonds is 4. The van der Waals surface area contributed by atoms with Gasteiger partial charge in [0.25, 0.3) is 0 Å². The lowest BCUT2D eigenvalue weighted by atomic mass is 10.1. The summed E-state index contributed by atoms with van der Waals surface area (Å²) >= 11 is 0. The van der Waals surface area contributed by atoms with Gasteiger partial charge in [-0.15, -0.1) is 0 Å². The number of H-pyrrole nitrogens is 1. The van der Waals surface area contributed by atoms with Gasteiger partial charge in [0.2, 0.25) is 0 Å². The largest absolute Gasteiger partial charge is 0.396 e. The Morgan fingerprint density at radius 1 is 1.57 bits per heavy atom.